The molecule has 0 aromatic rings. The SMILES string of the molecule is CN(CC1=CC=CC(C)(C)C=C1)C1(C)CCN(C(=O)OC(C(F)(F)F)C(F)(F)F)CC1. The highest BCUT2D eigenvalue weighted by molar-refractivity contribution is 5.68. The Morgan fingerprint density at radius 2 is 1.65 bits per heavy atom. The summed E-state index contributed by atoms with van der Waals surface area (Å²) in [6.45, 7) is 6.75. The van der Waals surface area contributed by atoms with Gasteiger partial charge in [0.15, 0.2) is 0 Å². The number of hydrogen-bond donors (Lipinski definition) is 0. The first-order valence-corrected chi connectivity index (χ1v) is 9.91. The molecule has 0 N–H and O–H groups in total. The molecule has 0 aromatic carbocycles. The fraction of sp³-hybridized carbons (Fsp3) is 0.667. The molecule has 4 nitrogen and oxygen atoms in total. The fourth-order valence-corrected chi connectivity index (χ4v) is 3.47. The highest BCUT2D eigenvalue weighted by Gasteiger charge is 2.60. The van der Waals surface area contributed by atoms with Gasteiger partial charge in [0.25, 0.3) is 6.10 Å². The van der Waals surface area contributed by atoms with Gasteiger partial charge in [0.05, 0.1) is 0 Å². The third-order valence-corrected chi connectivity index (χ3v) is 5.82. The van der Waals surface area contributed by atoms with Crippen molar-refractivity contribution < 1.29 is 35.9 Å². The van der Waals surface area contributed by atoms with Gasteiger partial charge < -0.3 is 9.64 Å². The summed E-state index contributed by atoms with van der Waals surface area (Å²) in [6, 6.07) is 0. The molecule has 2 rings (SSSR count). The minimum Gasteiger partial charge on any atom is -0.426 e. The Balaban J connectivity index is 1.97. The maximum atomic E-state index is 12.6. The first-order chi connectivity index (χ1) is 14.0. The monoisotopic (exact) mass is 454 g/mol. The second kappa shape index (κ2) is 8.88. The number of alkyl halides is 6. The van der Waals surface area contributed by atoms with E-state index in [9.17, 15) is 31.1 Å². The zero-order valence-electron chi connectivity index (χ0n) is 18.0. The number of allylic oxidation sites excluding steroid dienone is 4. The lowest BCUT2D eigenvalue weighted by atomic mass is 9.87. The highest BCUT2D eigenvalue weighted by Crippen LogP contribution is 2.37. The first-order valence-electron chi connectivity index (χ1n) is 9.91. The van der Waals surface area contributed by atoms with E-state index >= 15 is 0 Å². The summed E-state index contributed by atoms with van der Waals surface area (Å²) < 4.78 is 79.6. The second-order valence-electron chi connectivity index (χ2n) is 8.94. The molecular weight excluding hydrogens is 426 g/mol. The van der Waals surface area contributed by atoms with Gasteiger partial charge in [-0.1, -0.05) is 44.2 Å². The maximum absolute atomic E-state index is 12.6. The first kappa shape index (κ1) is 25.3. The summed E-state index contributed by atoms with van der Waals surface area (Å²) in [5.41, 5.74) is 0.646. The Morgan fingerprint density at radius 1 is 1.10 bits per heavy atom. The van der Waals surface area contributed by atoms with Gasteiger partial charge in [0, 0.05) is 30.6 Å². The molecule has 0 radical (unpaired) electrons. The average Bonchev–Trinajstić information content (AvgIpc) is 2.78. The van der Waals surface area contributed by atoms with Gasteiger partial charge in [-0.05, 0) is 32.4 Å². The maximum Gasteiger partial charge on any atom is 0.434 e. The Kier molecular flexibility index (Phi) is 7.24. The number of rotatable bonds is 4. The number of amides is 1. The van der Waals surface area contributed by atoms with Crippen LogP contribution in [0.25, 0.3) is 0 Å². The molecule has 1 amide bonds. The van der Waals surface area contributed by atoms with Crippen molar-refractivity contribution in [3.05, 3.63) is 36.0 Å². The van der Waals surface area contributed by atoms with Crippen LogP contribution in [0.5, 0.6) is 0 Å². The Morgan fingerprint density at radius 3 is 2.16 bits per heavy atom. The minimum absolute atomic E-state index is 0.00390. The topological polar surface area (TPSA) is 32.8 Å². The molecule has 0 unspecified atom stereocenters. The van der Waals surface area contributed by atoms with Gasteiger partial charge in [-0.15, -0.1) is 0 Å². The van der Waals surface area contributed by atoms with Crippen molar-refractivity contribution in [2.75, 3.05) is 26.7 Å². The molecule has 1 fully saturated rings. The van der Waals surface area contributed by atoms with Gasteiger partial charge in [-0.3, -0.25) is 4.90 Å². The largest absolute Gasteiger partial charge is 0.434 e. The smallest absolute Gasteiger partial charge is 0.426 e. The molecule has 0 saturated carbocycles. The summed E-state index contributed by atoms with van der Waals surface area (Å²) in [5, 5.41) is 0. The molecule has 0 spiro atoms. The third kappa shape index (κ3) is 6.75. The van der Waals surface area contributed by atoms with Crippen LogP contribution in [0.2, 0.25) is 0 Å². The van der Waals surface area contributed by atoms with E-state index in [2.05, 4.69) is 35.6 Å². The average molecular weight is 454 g/mol. The summed E-state index contributed by atoms with van der Waals surface area (Å²) in [6.07, 6.45) is -6.19. The number of hydrogen-bond acceptors (Lipinski definition) is 3. The quantitative estimate of drug-likeness (QED) is 0.528. The Labute approximate surface area is 178 Å². The van der Waals surface area contributed by atoms with E-state index in [1.54, 1.807) is 0 Å². The summed E-state index contributed by atoms with van der Waals surface area (Å²) >= 11 is 0. The van der Waals surface area contributed by atoms with Crippen molar-refractivity contribution in [1.29, 1.82) is 0 Å². The van der Waals surface area contributed by atoms with E-state index in [0.717, 1.165) is 10.5 Å². The summed E-state index contributed by atoms with van der Waals surface area (Å²) in [5.74, 6) is 0. The van der Waals surface area contributed by atoms with E-state index in [4.69, 9.17) is 0 Å². The van der Waals surface area contributed by atoms with Crippen molar-refractivity contribution in [3.8, 4) is 0 Å². The lowest BCUT2D eigenvalue weighted by molar-refractivity contribution is -0.308. The van der Waals surface area contributed by atoms with Gasteiger partial charge >= 0.3 is 18.4 Å². The van der Waals surface area contributed by atoms with Crippen LogP contribution in [-0.2, 0) is 4.74 Å². The number of ether oxygens (including phenoxy) is 1. The zero-order chi connectivity index (χ0) is 23.7. The van der Waals surface area contributed by atoms with Gasteiger partial charge in [0.1, 0.15) is 0 Å². The standard InChI is InChI=1S/C21H28F6N2O2/c1-18(2)8-5-6-15(7-9-18)14-28(4)19(3)10-12-29(13-11-19)17(30)31-16(20(22,23)24)21(25,26)27/h5-9,16H,10-14H2,1-4H3. The Bertz CT molecular complexity index is 730. The van der Waals surface area contributed by atoms with Crippen molar-refractivity contribution in [1.82, 2.24) is 9.80 Å². The normalized spacial score (nSPS) is 21.3. The number of likely N-dealkylation sites (tertiary alicyclic amines) is 1. The second-order valence-corrected chi connectivity index (χ2v) is 8.94. The van der Waals surface area contributed by atoms with E-state index in [1.165, 1.54) is 0 Å². The molecule has 1 saturated heterocycles. The lowest BCUT2D eigenvalue weighted by Crippen LogP contribution is -2.55. The highest BCUT2D eigenvalue weighted by atomic mass is 19.4. The van der Waals surface area contributed by atoms with E-state index in [1.807, 2.05) is 32.2 Å². The molecule has 0 bridgehead atoms. The van der Waals surface area contributed by atoms with Gasteiger partial charge in [-0.2, -0.15) is 26.3 Å². The number of nitrogens with zero attached hydrogens (tertiary/aromatic N) is 2. The van der Waals surface area contributed by atoms with E-state index in [0.29, 0.717) is 19.4 Å². The number of piperidine rings is 1. The molecular formula is C21H28F6N2O2. The molecule has 1 heterocycles. The van der Waals surface area contributed by atoms with Crippen LogP contribution in [0.1, 0.15) is 33.6 Å². The van der Waals surface area contributed by atoms with E-state index < -0.39 is 24.5 Å². The van der Waals surface area contributed by atoms with Crippen molar-refractivity contribution >= 4 is 6.09 Å². The molecule has 0 atom stereocenters. The summed E-state index contributed by atoms with van der Waals surface area (Å²) in [4.78, 5) is 15.0. The van der Waals surface area contributed by atoms with Crippen LogP contribution in [0.15, 0.2) is 36.0 Å². The van der Waals surface area contributed by atoms with E-state index in [-0.39, 0.29) is 24.0 Å². The predicted octanol–water partition coefficient (Wildman–Crippen LogP) is 5.48. The Hall–Kier alpha value is -1.97. The molecule has 0 aromatic heterocycles. The van der Waals surface area contributed by atoms with Crippen LogP contribution in [0.3, 0.4) is 0 Å². The third-order valence-electron chi connectivity index (χ3n) is 5.82. The number of halogens is 6. The van der Waals surface area contributed by atoms with Crippen LogP contribution >= 0.6 is 0 Å². The molecule has 1 aliphatic carbocycles. The number of likely N-dealkylation sites (N-methyl/N-ethyl adjacent to an activating group) is 1. The van der Waals surface area contributed by atoms with Crippen molar-refractivity contribution in [2.45, 2.75) is 57.6 Å². The van der Waals surface area contributed by atoms with Gasteiger partial charge in [-0.25, -0.2) is 4.79 Å². The van der Waals surface area contributed by atoms with Crippen LogP contribution in [0, 0.1) is 5.41 Å². The number of carbonyl (C=O) groups excluding carboxylic acids is 1. The van der Waals surface area contributed by atoms with Crippen LogP contribution < -0.4 is 0 Å². The zero-order valence-corrected chi connectivity index (χ0v) is 18.0. The lowest BCUT2D eigenvalue weighted by Gasteiger charge is -2.45. The van der Waals surface area contributed by atoms with Crippen molar-refractivity contribution in [3.63, 3.8) is 0 Å². The van der Waals surface area contributed by atoms with Crippen LogP contribution in [0.4, 0.5) is 31.1 Å². The predicted molar refractivity (Wildman–Crippen MR) is 104 cm³/mol. The fourth-order valence-electron chi connectivity index (χ4n) is 3.47. The number of carbonyl (C=O) groups is 1. The minimum atomic E-state index is -5.72. The summed E-state index contributed by atoms with van der Waals surface area (Å²) in [7, 11) is 1.91. The van der Waals surface area contributed by atoms with Crippen LogP contribution in [-0.4, -0.2) is 66.6 Å². The molecule has 31 heavy (non-hydrogen) atoms. The molecule has 176 valence electrons. The molecule has 10 heteroatoms. The molecule has 1 aliphatic heterocycles. The molecule has 2 aliphatic rings. The van der Waals surface area contributed by atoms with Gasteiger partial charge in [0.2, 0.25) is 0 Å². The van der Waals surface area contributed by atoms with Crippen molar-refractivity contribution in [2.24, 2.45) is 5.41 Å².